The van der Waals surface area contributed by atoms with Gasteiger partial charge in [0.2, 0.25) is 0 Å². The van der Waals surface area contributed by atoms with Crippen LogP contribution in [0.5, 0.6) is 0 Å². The highest BCUT2D eigenvalue weighted by molar-refractivity contribution is 5.18. The standard InChI is InChI=1S/C13H21N/c1-14-9-7-13(8-10-14)11-12-5-3-2-4-6-12/h2-3,5,13H,4,6-11H2,1H3. The van der Waals surface area contributed by atoms with Gasteiger partial charge in [-0.3, -0.25) is 0 Å². The van der Waals surface area contributed by atoms with E-state index < -0.39 is 0 Å². The van der Waals surface area contributed by atoms with Crippen LogP contribution in [0, 0.1) is 5.92 Å². The second-order valence-corrected chi connectivity index (χ2v) is 4.74. The summed E-state index contributed by atoms with van der Waals surface area (Å²) in [7, 11) is 2.23. The zero-order valence-electron chi connectivity index (χ0n) is 9.21. The summed E-state index contributed by atoms with van der Waals surface area (Å²) >= 11 is 0. The molecule has 0 saturated carbocycles. The van der Waals surface area contributed by atoms with Crippen molar-refractivity contribution < 1.29 is 0 Å². The van der Waals surface area contributed by atoms with Crippen LogP contribution in [-0.2, 0) is 0 Å². The monoisotopic (exact) mass is 191 g/mol. The third-order valence-corrected chi connectivity index (χ3v) is 3.49. The van der Waals surface area contributed by atoms with Gasteiger partial charge in [0.25, 0.3) is 0 Å². The van der Waals surface area contributed by atoms with Gasteiger partial charge in [-0.25, -0.2) is 0 Å². The topological polar surface area (TPSA) is 3.24 Å². The lowest BCUT2D eigenvalue weighted by Gasteiger charge is -2.29. The maximum atomic E-state index is 2.45. The van der Waals surface area contributed by atoms with E-state index in [4.69, 9.17) is 0 Å². The highest BCUT2D eigenvalue weighted by Gasteiger charge is 2.17. The lowest BCUT2D eigenvalue weighted by atomic mass is 9.87. The Kier molecular flexibility index (Phi) is 3.41. The first-order chi connectivity index (χ1) is 6.84. The molecule has 0 atom stereocenters. The van der Waals surface area contributed by atoms with E-state index in [1.54, 1.807) is 5.57 Å². The molecule has 0 aromatic carbocycles. The molecule has 0 unspecified atom stereocenters. The summed E-state index contributed by atoms with van der Waals surface area (Å²) in [6.07, 6.45) is 13.6. The summed E-state index contributed by atoms with van der Waals surface area (Å²) in [5, 5.41) is 0. The van der Waals surface area contributed by atoms with E-state index in [2.05, 4.69) is 30.2 Å². The third kappa shape index (κ3) is 2.71. The fourth-order valence-corrected chi connectivity index (χ4v) is 2.46. The molecule has 1 heteroatoms. The third-order valence-electron chi connectivity index (χ3n) is 3.49. The van der Waals surface area contributed by atoms with Crippen LogP contribution in [0.2, 0.25) is 0 Å². The first kappa shape index (κ1) is 9.97. The normalized spacial score (nSPS) is 25.1. The number of piperidine rings is 1. The Morgan fingerprint density at radius 1 is 1.36 bits per heavy atom. The molecule has 1 heterocycles. The number of hydrogen-bond acceptors (Lipinski definition) is 1. The van der Waals surface area contributed by atoms with E-state index in [1.165, 1.54) is 45.2 Å². The van der Waals surface area contributed by atoms with Crippen LogP contribution in [0.1, 0.15) is 32.1 Å². The van der Waals surface area contributed by atoms with Crippen LogP contribution in [0.3, 0.4) is 0 Å². The molecule has 0 N–H and O–H groups in total. The van der Waals surface area contributed by atoms with Gasteiger partial charge in [-0.2, -0.15) is 0 Å². The van der Waals surface area contributed by atoms with Crippen molar-refractivity contribution in [2.75, 3.05) is 20.1 Å². The number of hydrogen-bond donors (Lipinski definition) is 0. The summed E-state index contributed by atoms with van der Waals surface area (Å²) in [4.78, 5) is 2.45. The number of rotatable bonds is 2. The Labute approximate surface area is 87.5 Å². The van der Waals surface area contributed by atoms with Gasteiger partial charge in [-0.15, -0.1) is 0 Å². The first-order valence-corrected chi connectivity index (χ1v) is 5.88. The molecule has 2 rings (SSSR count). The second kappa shape index (κ2) is 4.79. The van der Waals surface area contributed by atoms with Gasteiger partial charge in [0.05, 0.1) is 0 Å². The van der Waals surface area contributed by atoms with Crippen LogP contribution in [0.4, 0.5) is 0 Å². The minimum absolute atomic E-state index is 0.962. The Morgan fingerprint density at radius 3 is 2.79 bits per heavy atom. The summed E-state index contributed by atoms with van der Waals surface area (Å²) in [5.74, 6) is 0.962. The smallest absolute Gasteiger partial charge is 0.00190 e. The Balaban J connectivity index is 1.80. The van der Waals surface area contributed by atoms with E-state index >= 15 is 0 Å². The second-order valence-electron chi connectivity index (χ2n) is 4.74. The molecule has 0 aromatic heterocycles. The number of nitrogens with zero attached hydrogens (tertiary/aromatic N) is 1. The van der Waals surface area contributed by atoms with Gasteiger partial charge in [0.1, 0.15) is 0 Å². The largest absolute Gasteiger partial charge is 0.306 e. The van der Waals surface area contributed by atoms with Gasteiger partial charge < -0.3 is 4.90 Å². The van der Waals surface area contributed by atoms with Gasteiger partial charge in [0, 0.05) is 0 Å². The fraction of sp³-hybridized carbons (Fsp3) is 0.692. The highest BCUT2D eigenvalue weighted by atomic mass is 15.1. The number of likely N-dealkylation sites (tertiary alicyclic amines) is 1. The zero-order valence-corrected chi connectivity index (χ0v) is 9.21. The summed E-state index contributed by atoms with van der Waals surface area (Å²) < 4.78 is 0. The van der Waals surface area contributed by atoms with Gasteiger partial charge >= 0.3 is 0 Å². The van der Waals surface area contributed by atoms with Crippen LogP contribution in [0.15, 0.2) is 23.8 Å². The molecule has 0 aromatic rings. The first-order valence-electron chi connectivity index (χ1n) is 5.88. The van der Waals surface area contributed by atoms with Crippen molar-refractivity contribution >= 4 is 0 Å². The molecule has 0 bridgehead atoms. The van der Waals surface area contributed by atoms with E-state index in [0.717, 1.165) is 5.92 Å². The van der Waals surface area contributed by atoms with Gasteiger partial charge in [0.15, 0.2) is 0 Å². The molecule has 1 aliphatic heterocycles. The fourth-order valence-electron chi connectivity index (χ4n) is 2.46. The predicted octanol–water partition coefficient (Wildman–Crippen LogP) is 2.99. The Hall–Kier alpha value is -0.560. The van der Waals surface area contributed by atoms with Crippen LogP contribution >= 0.6 is 0 Å². The molecule has 0 radical (unpaired) electrons. The maximum Gasteiger partial charge on any atom is -0.00190 e. The van der Waals surface area contributed by atoms with Gasteiger partial charge in [-0.05, 0) is 58.2 Å². The molecular weight excluding hydrogens is 170 g/mol. The van der Waals surface area contributed by atoms with E-state index in [1.807, 2.05) is 0 Å². The molecule has 1 fully saturated rings. The Bertz CT molecular complexity index is 232. The number of allylic oxidation sites excluding steroid dienone is 4. The predicted molar refractivity (Wildman–Crippen MR) is 61.3 cm³/mol. The molecule has 2 aliphatic rings. The molecule has 78 valence electrons. The van der Waals surface area contributed by atoms with Gasteiger partial charge in [-0.1, -0.05) is 23.8 Å². The summed E-state index contributed by atoms with van der Waals surface area (Å²) in [6, 6.07) is 0. The van der Waals surface area contributed by atoms with Crippen molar-refractivity contribution in [3.63, 3.8) is 0 Å². The van der Waals surface area contributed by atoms with Crippen LogP contribution in [0.25, 0.3) is 0 Å². The molecule has 0 spiro atoms. The lowest BCUT2D eigenvalue weighted by Crippen LogP contribution is -2.30. The van der Waals surface area contributed by atoms with Crippen molar-refractivity contribution in [3.05, 3.63) is 23.8 Å². The molecule has 1 saturated heterocycles. The minimum Gasteiger partial charge on any atom is -0.306 e. The van der Waals surface area contributed by atoms with Crippen molar-refractivity contribution in [2.24, 2.45) is 5.92 Å². The highest BCUT2D eigenvalue weighted by Crippen LogP contribution is 2.26. The zero-order chi connectivity index (χ0) is 9.80. The molecule has 14 heavy (non-hydrogen) atoms. The Morgan fingerprint density at radius 2 is 2.14 bits per heavy atom. The lowest BCUT2D eigenvalue weighted by molar-refractivity contribution is 0.218. The quantitative estimate of drug-likeness (QED) is 0.648. The maximum absolute atomic E-state index is 2.45. The van der Waals surface area contributed by atoms with Crippen molar-refractivity contribution in [1.82, 2.24) is 4.90 Å². The average Bonchev–Trinajstić information content (AvgIpc) is 2.23. The summed E-state index contributed by atoms with van der Waals surface area (Å²) in [5.41, 5.74) is 1.68. The van der Waals surface area contributed by atoms with Crippen LogP contribution < -0.4 is 0 Å². The van der Waals surface area contributed by atoms with Crippen molar-refractivity contribution in [3.8, 4) is 0 Å². The van der Waals surface area contributed by atoms with Crippen LogP contribution in [-0.4, -0.2) is 25.0 Å². The molecule has 1 aliphatic carbocycles. The van der Waals surface area contributed by atoms with E-state index in [9.17, 15) is 0 Å². The minimum atomic E-state index is 0.962. The SMILES string of the molecule is CN1CCC(CC2=CC=CCC2)CC1. The van der Waals surface area contributed by atoms with Crippen molar-refractivity contribution in [1.29, 1.82) is 0 Å². The molecule has 0 amide bonds. The average molecular weight is 191 g/mol. The van der Waals surface area contributed by atoms with E-state index in [-0.39, 0.29) is 0 Å². The van der Waals surface area contributed by atoms with Crippen molar-refractivity contribution in [2.45, 2.75) is 32.1 Å². The van der Waals surface area contributed by atoms with E-state index in [0.29, 0.717) is 0 Å². The molecular formula is C13H21N. The summed E-state index contributed by atoms with van der Waals surface area (Å²) in [6.45, 7) is 2.60. The molecule has 1 nitrogen and oxygen atoms in total.